The van der Waals surface area contributed by atoms with E-state index in [-0.39, 0.29) is 10.0 Å². The zero-order chi connectivity index (χ0) is 10.9. The van der Waals surface area contributed by atoms with Crippen LogP contribution in [-0.4, -0.2) is 54.7 Å². The third-order valence-corrected chi connectivity index (χ3v) is 5.82. The highest BCUT2D eigenvalue weighted by atomic mass is 28.4. The summed E-state index contributed by atoms with van der Waals surface area (Å²) in [6.07, 6.45) is 1.46. The van der Waals surface area contributed by atoms with E-state index in [2.05, 4.69) is 6.55 Å². The van der Waals surface area contributed by atoms with Gasteiger partial charge in [-0.3, -0.25) is 0 Å². The number of epoxide rings is 1. The lowest BCUT2D eigenvalue weighted by molar-refractivity contribution is 0.116. The lowest BCUT2D eigenvalue weighted by Gasteiger charge is -2.09. The van der Waals surface area contributed by atoms with Crippen molar-refractivity contribution in [1.82, 2.24) is 0 Å². The topological polar surface area (TPSA) is 40.2 Å². The molecule has 1 rings (SSSR count). The molecule has 1 aliphatic rings. The third-order valence-electron chi connectivity index (χ3n) is 1.88. The van der Waals surface area contributed by atoms with Gasteiger partial charge < -0.3 is 17.7 Å². The summed E-state index contributed by atoms with van der Waals surface area (Å²) in [5.41, 5.74) is 0. The van der Waals surface area contributed by atoms with E-state index in [9.17, 15) is 0 Å². The van der Waals surface area contributed by atoms with Gasteiger partial charge in [-0.1, -0.05) is 0 Å². The molecule has 0 amide bonds. The number of hydrogen-bond acceptors (Lipinski definition) is 4. The maximum absolute atomic E-state index is 5.56. The molecule has 0 saturated carbocycles. The Balaban J connectivity index is 1.76. The second-order valence-corrected chi connectivity index (χ2v) is 7.44. The molecule has 1 saturated heterocycles. The number of hydrogen-bond donors (Lipinski definition) is 0. The standard InChI is InChI=1S/C8H17O4Si3/c1-13-11-14-12-15(2)5-3-4-9-6-8-7-10-8/h8H,3-7H2,1-2H3. The lowest BCUT2D eigenvalue weighted by atomic mass is 10.5. The highest BCUT2D eigenvalue weighted by Gasteiger charge is 2.22. The van der Waals surface area contributed by atoms with Crippen molar-refractivity contribution in [2.75, 3.05) is 19.8 Å². The summed E-state index contributed by atoms with van der Waals surface area (Å²) in [6, 6.07) is 1.12. The average molecular weight is 261 g/mol. The Morgan fingerprint density at radius 3 is 3.00 bits per heavy atom. The summed E-state index contributed by atoms with van der Waals surface area (Å²) in [4.78, 5) is 0. The SMILES string of the molecule is C[Si]O[Si]O[Si](C)CCCOCC1CO1. The van der Waals surface area contributed by atoms with Gasteiger partial charge in [-0.05, 0) is 25.6 Å². The molecular formula is C8H17O4Si3. The van der Waals surface area contributed by atoms with Gasteiger partial charge in [-0.2, -0.15) is 0 Å². The lowest BCUT2D eigenvalue weighted by Crippen LogP contribution is -2.19. The third kappa shape index (κ3) is 8.31. The van der Waals surface area contributed by atoms with Gasteiger partial charge in [-0.15, -0.1) is 0 Å². The second-order valence-electron chi connectivity index (χ2n) is 3.33. The first-order chi connectivity index (χ1) is 7.33. The molecule has 0 aromatic heterocycles. The maximum atomic E-state index is 5.56. The van der Waals surface area contributed by atoms with Gasteiger partial charge in [0.05, 0.1) is 13.2 Å². The normalized spacial score (nSPS) is 19.8. The van der Waals surface area contributed by atoms with Crippen LogP contribution in [0.25, 0.3) is 0 Å². The van der Waals surface area contributed by atoms with Crippen molar-refractivity contribution < 1.29 is 17.7 Å². The first-order valence-corrected chi connectivity index (χ1v) is 9.43. The van der Waals surface area contributed by atoms with Crippen LogP contribution in [-0.2, 0) is 17.7 Å². The minimum Gasteiger partial charge on any atom is -0.435 e. The minimum atomic E-state index is -0.666. The van der Waals surface area contributed by atoms with E-state index in [4.69, 9.17) is 17.7 Å². The Morgan fingerprint density at radius 2 is 2.33 bits per heavy atom. The largest absolute Gasteiger partial charge is 0.435 e. The molecule has 1 unspecified atom stereocenters. The van der Waals surface area contributed by atoms with Crippen molar-refractivity contribution in [3.63, 3.8) is 0 Å². The molecule has 85 valence electrons. The van der Waals surface area contributed by atoms with Crippen LogP contribution in [0.4, 0.5) is 0 Å². The summed E-state index contributed by atoms with van der Waals surface area (Å²) in [5, 5.41) is 0. The smallest absolute Gasteiger partial charge is 0.409 e. The van der Waals surface area contributed by atoms with Crippen LogP contribution in [0.1, 0.15) is 6.42 Å². The monoisotopic (exact) mass is 261 g/mol. The number of rotatable bonds is 10. The molecule has 1 aliphatic heterocycles. The molecule has 5 radical (unpaired) electrons. The number of ether oxygens (including phenoxy) is 2. The van der Waals surface area contributed by atoms with Crippen LogP contribution in [0.2, 0.25) is 19.1 Å². The summed E-state index contributed by atoms with van der Waals surface area (Å²) < 4.78 is 21.2. The molecular weight excluding hydrogens is 244 g/mol. The van der Waals surface area contributed by atoms with Crippen LogP contribution < -0.4 is 0 Å². The molecule has 0 aliphatic carbocycles. The molecule has 0 N–H and O–H groups in total. The summed E-state index contributed by atoms with van der Waals surface area (Å²) in [5.74, 6) is 0. The van der Waals surface area contributed by atoms with E-state index in [1.807, 2.05) is 6.55 Å². The van der Waals surface area contributed by atoms with Crippen molar-refractivity contribution in [1.29, 1.82) is 0 Å². The van der Waals surface area contributed by atoms with Crippen LogP contribution in [0.3, 0.4) is 0 Å². The first-order valence-electron chi connectivity index (χ1n) is 5.09. The van der Waals surface area contributed by atoms with Crippen molar-refractivity contribution in [2.45, 2.75) is 31.7 Å². The van der Waals surface area contributed by atoms with Gasteiger partial charge in [0.2, 0.25) is 9.76 Å². The molecule has 1 fully saturated rings. The summed E-state index contributed by atoms with van der Waals surface area (Å²) >= 11 is 0. The van der Waals surface area contributed by atoms with E-state index < -0.39 is 9.04 Å². The van der Waals surface area contributed by atoms with Gasteiger partial charge in [-0.25, -0.2) is 0 Å². The summed E-state index contributed by atoms with van der Waals surface area (Å²) in [6.45, 7) is 6.64. The van der Waals surface area contributed by atoms with Gasteiger partial charge in [0.1, 0.15) is 6.10 Å². The van der Waals surface area contributed by atoms with E-state index in [1.165, 1.54) is 0 Å². The molecule has 4 nitrogen and oxygen atoms in total. The van der Waals surface area contributed by atoms with Crippen molar-refractivity contribution in [3.05, 3.63) is 0 Å². The van der Waals surface area contributed by atoms with Crippen molar-refractivity contribution in [3.8, 4) is 0 Å². The molecule has 1 atom stereocenters. The van der Waals surface area contributed by atoms with E-state index in [0.29, 0.717) is 15.9 Å². The fourth-order valence-corrected chi connectivity index (χ4v) is 3.48. The van der Waals surface area contributed by atoms with E-state index in [1.54, 1.807) is 0 Å². The zero-order valence-electron chi connectivity index (χ0n) is 9.25. The van der Waals surface area contributed by atoms with Crippen LogP contribution >= 0.6 is 0 Å². The van der Waals surface area contributed by atoms with E-state index in [0.717, 1.165) is 32.3 Å². The maximum Gasteiger partial charge on any atom is 0.409 e. The molecule has 0 spiro atoms. The van der Waals surface area contributed by atoms with Gasteiger partial charge in [0.15, 0.2) is 9.04 Å². The fourth-order valence-electron chi connectivity index (χ4n) is 0.987. The molecule has 0 aromatic rings. The molecule has 1 heterocycles. The molecule has 7 heteroatoms. The van der Waals surface area contributed by atoms with Crippen LogP contribution in [0, 0.1) is 0 Å². The summed E-state index contributed by atoms with van der Waals surface area (Å²) in [7, 11) is 0.0899. The fraction of sp³-hybridized carbons (Fsp3) is 1.00. The highest BCUT2D eigenvalue weighted by Crippen LogP contribution is 2.09. The second kappa shape index (κ2) is 8.62. The van der Waals surface area contributed by atoms with Gasteiger partial charge in [0, 0.05) is 6.61 Å². The predicted octanol–water partition coefficient (Wildman–Crippen LogP) is 0.648. The highest BCUT2D eigenvalue weighted by molar-refractivity contribution is 6.57. The van der Waals surface area contributed by atoms with Crippen LogP contribution in [0.15, 0.2) is 0 Å². The van der Waals surface area contributed by atoms with Crippen LogP contribution in [0.5, 0.6) is 0 Å². The quantitative estimate of drug-likeness (QED) is 0.329. The minimum absolute atomic E-state index is 0.228. The Hall–Kier alpha value is 0.491. The first kappa shape index (κ1) is 13.6. The Kier molecular flexibility index (Phi) is 7.79. The molecule has 0 bridgehead atoms. The van der Waals surface area contributed by atoms with E-state index >= 15 is 0 Å². The zero-order valence-corrected chi connectivity index (χ0v) is 12.2. The molecule has 0 aromatic carbocycles. The molecule has 15 heavy (non-hydrogen) atoms. The average Bonchev–Trinajstić information content (AvgIpc) is 3.02. The Morgan fingerprint density at radius 1 is 1.53 bits per heavy atom. The van der Waals surface area contributed by atoms with Gasteiger partial charge >= 0.3 is 10.0 Å². The Bertz CT molecular complexity index is 157. The van der Waals surface area contributed by atoms with Gasteiger partial charge in [0.25, 0.3) is 0 Å². The van der Waals surface area contributed by atoms with Crippen molar-refractivity contribution >= 4 is 28.8 Å². The Labute approximate surface area is 98.4 Å². The van der Waals surface area contributed by atoms with Crippen molar-refractivity contribution in [2.24, 2.45) is 0 Å². The predicted molar refractivity (Wildman–Crippen MR) is 61.1 cm³/mol.